The minimum Gasteiger partial charge on any atom is -0.481 e. The second-order valence-electron chi connectivity index (χ2n) is 4.62. The van der Waals surface area contributed by atoms with E-state index in [4.69, 9.17) is 0 Å². The van der Waals surface area contributed by atoms with Gasteiger partial charge in [-0.15, -0.1) is 0 Å². The maximum Gasteiger partial charge on any atom is 0.313 e. The molecule has 0 spiro atoms. The topological polar surface area (TPSA) is 63.1 Å². The lowest BCUT2D eigenvalue weighted by atomic mass is 9.93. The van der Waals surface area contributed by atoms with Gasteiger partial charge in [0.2, 0.25) is 0 Å². The van der Waals surface area contributed by atoms with E-state index in [1.165, 1.54) is 0 Å². The van der Waals surface area contributed by atoms with Gasteiger partial charge in [-0.3, -0.25) is 4.79 Å². The first kappa shape index (κ1) is 13.2. The van der Waals surface area contributed by atoms with Crippen LogP contribution in [0.15, 0.2) is 36.4 Å². The van der Waals surface area contributed by atoms with Crippen LogP contribution in [0.5, 0.6) is 0 Å². The molecule has 1 N–H and O–H groups in total. The van der Waals surface area contributed by atoms with Crippen LogP contribution in [0, 0.1) is 13.8 Å². The monoisotopic (exact) mass is 256 g/mol. The van der Waals surface area contributed by atoms with Crippen LogP contribution in [0.4, 0.5) is 0 Å². The molecule has 0 aliphatic rings. The van der Waals surface area contributed by atoms with Crippen LogP contribution >= 0.6 is 0 Å². The maximum absolute atomic E-state index is 11.4. The standard InChI is InChI=1S/C15H16N2O2/c1-10-5-3-4-6-12(10)9-13(15(18)19)14-8-7-11(2)16-17-14/h3-8,13H,9H2,1-2H3,(H,18,19). The third-order valence-corrected chi connectivity index (χ3v) is 3.16. The van der Waals surface area contributed by atoms with Crippen molar-refractivity contribution in [3.05, 3.63) is 58.9 Å². The summed E-state index contributed by atoms with van der Waals surface area (Å²) in [5.41, 5.74) is 3.40. The average molecular weight is 256 g/mol. The van der Waals surface area contributed by atoms with Crippen LogP contribution in [-0.4, -0.2) is 21.3 Å². The number of carbonyl (C=O) groups is 1. The summed E-state index contributed by atoms with van der Waals surface area (Å²) in [5.74, 6) is -1.53. The van der Waals surface area contributed by atoms with Gasteiger partial charge in [-0.1, -0.05) is 24.3 Å². The number of rotatable bonds is 4. The van der Waals surface area contributed by atoms with E-state index in [-0.39, 0.29) is 0 Å². The Kier molecular flexibility index (Phi) is 3.90. The fourth-order valence-corrected chi connectivity index (χ4v) is 1.97. The molecule has 1 unspecified atom stereocenters. The van der Waals surface area contributed by atoms with E-state index in [1.807, 2.05) is 38.1 Å². The Hall–Kier alpha value is -2.23. The van der Waals surface area contributed by atoms with Gasteiger partial charge in [-0.05, 0) is 43.5 Å². The van der Waals surface area contributed by atoms with Crippen LogP contribution in [-0.2, 0) is 11.2 Å². The van der Waals surface area contributed by atoms with Gasteiger partial charge in [-0.25, -0.2) is 0 Å². The minimum atomic E-state index is -0.874. The number of carboxylic acids is 1. The summed E-state index contributed by atoms with van der Waals surface area (Å²) >= 11 is 0. The molecular weight excluding hydrogens is 240 g/mol. The van der Waals surface area contributed by atoms with Crippen LogP contribution in [0.1, 0.15) is 28.4 Å². The Morgan fingerprint density at radius 3 is 2.47 bits per heavy atom. The molecule has 4 heteroatoms. The molecule has 1 aromatic carbocycles. The fourth-order valence-electron chi connectivity index (χ4n) is 1.97. The summed E-state index contributed by atoms with van der Waals surface area (Å²) in [6.45, 7) is 3.81. The number of carboxylic acid groups (broad SMARTS) is 1. The van der Waals surface area contributed by atoms with E-state index in [0.717, 1.165) is 16.8 Å². The molecule has 0 amide bonds. The van der Waals surface area contributed by atoms with Gasteiger partial charge in [0.25, 0.3) is 0 Å². The summed E-state index contributed by atoms with van der Waals surface area (Å²) in [6, 6.07) is 11.3. The summed E-state index contributed by atoms with van der Waals surface area (Å²) in [7, 11) is 0. The van der Waals surface area contributed by atoms with Gasteiger partial charge < -0.3 is 5.11 Å². The van der Waals surface area contributed by atoms with Crippen LogP contribution in [0.25, 0.3) is 0 Å². The normalized spacial score (nSPS) is 12.1. The lowest BCUT2D eigenvalue weighted by Crippen LogP contribution is -2.17. The van der Waals surface area contributed by atoms with Crippen molar-refractivity contribution in [2.75, 3.05) is 0 Å². The molecule has 0 bridgehead atoms. The first-order valence-electron chi connectivity index (χ1n) is 6.15. The zero-order valence-electron chi connectivity index (χ0n) is 11.0. The molecule has 2 aromatic rings. The van der Waals surface area contributed by atoms with E-state index in [9.17, 15) is 9.90 Å². The molecule has 0 saturated heterocycles. The number of benzene rings is 1. The van der Waals surface area contributed by atoms with E-state index in [0.29, 0.717) is 12.1 Å². The molecule has 2 rings (SSSR count). The van der Waals surface area contributed by atoms with Crippen molar-refractivity contribution in [3.8, 4) is 0 Å². The summed E-state index contributed by atoms with van der Waals surface area (Å²) < 4.78 is 0. The summed E-state index contributed by atoms with van der Waals surface area (Å²) in [6.07, 6.45) is 0.430. The number of aliphatic carboxylic acids is 1. The molecular formula is C15H16N2O2. The average Bonchev–Trinajstić information content (AvgIpc) is 2.39. The Bertz CT molecular complexity index is 579. The summed E-state index contributed by atoms with van der Waals surface area (Å²) in [4.78, 5) is 11.4. The van der Waals surface area contributed by atoms with Gasteiger partial charge in [-0.2, -0.15) is 10.2 Å². The van der Waals surface area contributed by atoms with Crippen LogP contribution < -0.4 is 0 Å². The SMILES string of the molecule is Cc1ccc(C(Cc2ccccc2C)C(=O)O)nn1. The van der Waals surface area contributed by atoms with E-state index < -0.39 is 11.9 Å². The Morgan fingerprint density at radius 2 is 1.89 bits per heavy atom. The zero-order chi connectivity index (χ0) is 13.8. The van der Waals surface area contributed by atoms with Crippen molar-refractivity contribution < 1.29 is 9.90 Å². The Balaban J connectivity index is 2.29. The van der Waals surface area contributed by atoms with Gasteiger partial charge >= 0.3 is 5.97 Å². The third kappa shape index (κ3) is 3.16. The van der Waals surface area contributed by atoms with E-state index in [2.05, 4.69) is 10.2 Å². The number of hydrogen-bond donors (Lipinski definition) is 1. The lowest BCUT2D eigenvalue weighted by molar-refractivity contribution is -0.138. The minimum absolute atomic E-state index is 0.430. The molecule has 19 heavy (non-hydrogen) atoms. The molecule has 0 saturated carbocycles. The highest BCUT2D eigenvalue weighted by atomic mass is 16.4. The van der Waals surface area contributed by atoms with Crippen molar-refractivity contribution >= 4 is 5.97 Å². The highest BCUT2D eigenvalue weighted by Gasteiger charge is 2.22. The quantitative estimate of drug-likeness (QED) is 0.913. The maximum atomic E-state index is 11.4. The predicted octanol–water partition coefficient (Wildman–Crippen LogP) is 2.50. The largest absolute Gasteiger partial charge is 0.481 e. The first-order valence-corrected chi connectivity index (χ1v) is 6.15. The third-order valence-electron chi connectivity index (χ3n) is 3.16. The number of hydrogen-bond acceptors (Lipinski definition) is 3. The lowest BCUT2D eigenvalue weighted by Gasteiger charge is -2.13. The zero-order valence-corrected chi connectivity index (χ0v) is 11.0. The van der Waals surface area contributed by atoms with Crippen LogP contribution in [0.3, 0.4) is 0 Å². The molecule has 1 aromatic heterocycles. The predicted molar refractivity (Wildman–Crippen MR) is 72.0 cm³/mol. The fraction of sp³-hybridized carbons (Fsp3) is 0.267. The Labute approximate surface area is 112 Å². The number of aromatic nitrogens is 2. The smallest absolute Gasteiger partial charge is 0.313 e. The van der Waals surface area contributed by atoms with Gasteiger partial charge in [0.05, 0.1) is 11.4 Å². The van der Waals surface area contributed by atoms with Crippen molar-refractivity contribution in [2.45, 2.75) is 26.2 Å². The molecule has 0 aliphatic heterocycles. The molecule has 0 radical (unpaired) electrons. The molecule has 0 aliphatic carbocycles. The molecule has 4 nitrogen and oxygen atoms in total. The second kappa shape index (κ2) is 5.61. The highest BCUT2D eigenvalue weighted by Crippen LogP contribution is 2.21. The van der Waals surface area contributed by atoms with Gasteiger partial charge in [0, 0.05) is 0 Å². The van der Waals surface area contributed by atoms with Crippen molar-refractivity contribution in [3.63, 3.8) is 0 Å². The molecule has 0 fully saturated rings. The van der Waals surface area contributed by atoms with E-state index >= 15 is 0 Å². The van der Waals surface area contributed by atoms with E-state index in [1.54, 1.807) is 12.1 Å². The molecule has 1 atom stereocenters. The number of nitrogens with zero attached hydrogens (tertiary/aromatic N) is 2. The van der Waals surface area contributed by atoms with Gasteiger partial charge in [0.15, 0.2) is 0 Å². The molecule has 98 valence electrons. The highest BCUT2D eigenvalue weighted by molar-refractivity contribution is 5.75. The summed E-state index contributed by atoms with van der Waals surface area (Å²) in [5, 5.41) is 17.3. The van der Waals surface area contributed by atoms with Gasteiger partial charge in [0.1, 0.15) is 5.92 Å². The second-order valence-corrected chi connectivity index (χ2v) is 4.62. The van der Waals surface area contributed by atoms with Crippen molar-refractivity contribution in [1.82, 2.24) is 10.2 Å². The first-order chi connectivity index (χ1) is 9.08. The molecule has 1 heterocycles. The van der Waals surface area contributed by atoms with Crippen LogP contribution in [0.2, 0.25) is 0 Å². The van der Waals surface area contributed by atoms with Crippen molar-refractivity contribution in [1.29, 1.82) is 0 Å². The van der Waals surface area contributed by atoms with Crippen molar-refractivity contribution in [2.24, 2.45) is 0 Å². The number of aryl methyl sites for hydroxylation is 2. The Morgan fingerprint density at radius 1 is 1.16 bits per heavy atom.